The zero-order valence-corrected chi connectivity index (χ0v) is 17.0. The Bertz CT molecular complexity index is 844. The quantitative estimate of drug-likeness (QED) is 0.593. The molecule has 0 fully saturated rings. The van der Waals surface area contributed by atoms with Crippen LogP contribution in [0.15, 0.2) is 47.5 Å². The fraction of sp³-hybridized carbons (Fsp3) is 0.348. The SMILES string of the molecule is COc1cc(NC(C)C)c(C(C#Cc2ccccc2)=NC(C)C)cc1OC. The van der Waals surface area contributed by atoms with Gasteiger partial charge in [-0.2, -0.15) is 0 Å². The number of ether oxygens (including phenoxy) is 2. The molecule has 27 heavy (non-hydrogen) atoms. The lowest BCUT2D eigenvalue weighted by Gasteiger charge is -2.18. The molecule has 0 amide bonds. The molecule has 0 unspecified atom stereocenters. The summed E-state index contributed by atoms with van der Waals surface area (Å²) in [6.45, 7) is 8.27. The van der Waals surface area contributed by atoms with Crippen molar-refractivity contribution in [3.8, 4) is 23.3 Å². The van der Waals surface area contributed by atoms with Crippen LogP contribution in [0, 0.1) is 11.8 Å². The lowest BCUT2D eigenvalue weighted by atomic mass is 10.0. The molecule has 4 nitrogen and oxygen atoms in total. The van der Waals surface area contributed by atoms with Gasteiger partial charge in [-0.05, 0) is 51.8 Å². The molecule has 0 saturated carbocycles. The first-order chi connectivity index (χ1) is 12.9. The van der Waals surface area contributed by atoms with Crippen LogP contribution in [0.1, 0.15) is 38.8 Å². The van der Waals surface area contributed by atoms with Crippen LogP contribution in [0.25, 0.3) is 0 Å². The lowest BCUT2D eigenvalue weighted by molar-refractivity contribution is 0.355. The molecule has 0 atom stereocenters. The second-order valence-electron chi connectivity index (χ2n) is 6.74. The minimum atomic E-state index is 0.116. The van der Waals surface area contributed by atoms with Crippen LogP contribution in [0.2, 0.25) is 0 Å². The molecule has 0 aliphatic carbocycles. The van der Waals surface area contributed by atoms with Crippen molar-refractivity contribution in [2.45, 2.75) is 39.8 Å². The number of benzene rings is 2. The second kappa shape index (κ2) is 9.68. The summed E-state index contributed by atoms with van der Waals surface area (Å²) in [7, 11) is 3.26. The van der Waals surface area contributed by atoms with E-state index in [4.69, 9.17) is 14.5 Å². The third-order valence-corrected chi connectivity index (χ3v) is 3.71. The zero-order chi connectivity index (χ0) is 19.8. The van der Waals surface area contributed by atoms with Crippen molar-refractivity contribution in [1.29, 1.82) is 0 Å². The van der Waals surface area contributed by atoms with Crippen molar-refractivity contribution in [1.82, 2.24) is 0 Å². The Kier molecular flexibility index (Phi) is 7.31. The normalized spacial score (nSPS) is 11.2. The average Bonchev–Trinajstić information content (AvgIpc) is 2.65. The lowest BCUT2D eigenvalue weighted by Crippen LogP contribution is -2.15. The van der Waals surface area contributed by atoms with Crippen molar-refractivity contribution in [3.05, 3.63) is 53.6 Å². The zero-order valence-electron chi connectivity index (χ0n) is 17.0. The van der Waals surface area contributed by atoms with E-state index in [1.165, 1.54) is 0 Å². The van der Waals surface area contributed by atoms with Gasteiger partial charge in [0.05, 0.1) is 14.2 Å². The number of aliphatic imine (C=N–C) groups is 1. The summed E-state index contributed by atoms with van der Waals surface area (Å²) in [4.78, 5) is 4.77. The Labute approximate surface area is 162 Å². The fourth-order valence-electron chi connectivity index (χ4n) is 2.59. The van der Waals surface area contributed by atoms with Crippen LogP contribution in [0.3, 0.4) is 0 Å². The summed E-state index contributed by atoms with van der Waals surface area (Å²) in [6.07, 6.45) is 0. The summed E-state index contributed by atoms with van der Waals surface area (Å²) in [5, 5.41) is 3.47. The highest BCUT2D eigenvalue weighted by atomic mass is 16.5. The molecule has 0 bridgehead atoms. The van der Waals surface area contributed by atoms with Crippen molar-refractivity contribution < 1.29 is 9.47 Å². The van der Waals surface area contributed by atoms with Crippen LogP contribution in [-0.2, 0) is 0 Å². The minimum absolute atomic E-state index is 0.116. The van der Waals surface area contributed by atoms with E-state index in [1.807, 2.05) is 56.3 Å². The number of anilines is 1. The topological polar surface area (TPSA) is 42.8 Å². The first-order valence-corrected chi connectivity index (χ1v) is 9.12. The van der Waals surface area contributed by atoms with E-state index in [0.29, 0.717) is 11.5 Å². The molecule has 0 spiro atoms. The monoisotopic (exact) mass is 364 g/mol. The first-order valence-electron chi connectivity index (χ1n) is 9.12. The standard InChI is InChI=1S/C23H28N2O2/c1-16(2)24-20(13-12-18-10-8-7-9-11-18)19-14-22(26-5)23(27-6)15-21(19)25-17(3)4/h7-11,14-17,25H,1-6H3. The molecule has 0 heterocycles. The third kappa shape index (κ3) is 5.79. The van der Waals surface area contributed by atoms with Gasteiger partial charge in [0.1, 0.15) is 5.71 Å². The van der Waals surface area contributed by atoms with Gasteiger partial charge in [-0.3, -0.25) is 4.99 Å². The highest BCUT2D eigenvalue weighted by molar-refractivity contribution is 6.16. The Morgan fingerprint density at radius 1 is 0.963 bits per heavy atom. The molecule has 2 aromatic carbocycles. The van der Waals surface area contributed by atoms with Crippen LogP contribution in [0.4, 0.5) is 5.69 Å². The maximum Gasteiger partial charge on any atom is 0.162 e. The van der Waals surface area contributed by atoms with Gasteiger partial charge in [0.25, 0.3) is 0 Å². The number of nitrogens with one attached hydrogen (secondary N) is 1. The molecule has 2 rings (SSSR count). The highest BCUT2D eigenvalue weighted by Crippen LogP contribution is 2.34. The molecular formula is C23H28N2O2. The Morgan fingerprint density at radius 3 is 2.15 bits per heavy atom. The summed E-state index contributed by atoms with van der Waals surface area (Å²) in [6, 6.07) is 14.2. The number of methoxy groups -OCH3 is 2. The number of hydrogen-bond acceptors (Lipinski definition) is 4. The molecule has 142 valence electrons. The summed E-state index contributed by atoms with van der Waals surface area (Å²) >= 11 is 0. The second-order valence-corrected chi connectivity index (χ2v) is 6.74. The first kappa shape index (κ1) is 20.4. The van der Waals surface area contributed by atoms with Gasteiger partial charge in [-0.15, -0.1) is 0 Å². The maximum atomic E-state index is 5.50. The van der Waals surface area contributed by atoms with Gasteiger partial charge in [0, 0.05) is 35.0 Å². The van der Waals surface area contributed by atoms with Gasteiger partial charge in [0.15, 0.2) is 11.5 Å². The fourth-order valence-corrected chi connectivity index (χ4v) is 2.59. The molecule has 1 N–H and O–H groups in total. The molecule has 0 aliphatic heterocycles. The molecular weight excluding hydrogens is 336 g/mol. The minimum Gasteiger partial charge on any atom is -0.493 e. The van der Waals surface area contributed by atoms with Gasteiger partial charge >= 0.3 is 0 Å². The molecule has 0 aliphatic rings. The number of hydrogen-bond donors (Lipinski definition) is 1. The van der Waals surface area contributed by atoms with Crippen molar-refractivity contribution in [2.24, 2.45) is 4.99 Å². The summed E-state index contributed by atoms with van der Waals surface area (Å²) < 4.78 is 11.0. The molecule has 0 saturated heterocycles. The predicted molar refractivity (Wildman–Crippen MR) is 113 cm³/mol. The van der Waals surface area contributed by atoms with Crippen molar-refractivity contribution in [3.63, 3.8) is 0 Å². The summed E-state index contributed by atoms with van der Waals surface area (Å²) in [5.41, 5.74) is 3.49. The third-order valence-electron chi connectivity index (χ3n) is 3.71. The van der Waals surface area contributed by atoms with E-state index < -0.39 is 0 Å². The number of rotatable bonds is 6. The van der Waals surface area contributed by atoms with Crippen LogP contribution >= 0.6 is 0 Å². The highest BCUT2D eigenvalue weighted by Gasteiger charge is 2.16. The van der Waals surface area contributed by atoms with E-state index >= 15 is 0 Å². The Morgan fingerprint density at radius 2 is 1.59 bits per heavy atom. The van der Waals surface area contributed by atoms with Crippen molar-refractivity contribution >= 4 is 11.4 Å². The number of nitrogens with zero attached hydrogens (tertiary/aromatic N) is 1. The van der Waals surface area contributed by atoms with Gasteiger partial charge in [-0.25, -0.2) is 0 Å². The Balaban J connectivity index is 2.61. The van der Waals surface area contributed by atoms with Crippen molar-refractivity contribution in [2.75, 3.05) is 19.5 Å². The molecule has 2 aromatic rings. The van der Waals surface area contributed by atoms with E-state index in [-0.39, 0.29) is 12.1 Å². The maximum absolute atomic E-state index is 5.50. The van der Waals surface area contributed by atoms with Gasteiger partial charge in [-0.1, -0.05) is 24.1 Å². The van der Waals surface area contributed by atoms with Crippen LogP contribution in [0.5, 0.6) is 11.5 Å². The molecule has 4 heteroatoms. The van der Waals surface area contributed by atoms with E-state index in [9.17, 15) is 0 Å². The van der Waals surface area contributed by atoms with E-state index in [1.54, 1.807) is 14.2 Å². The van der Waals surface area contributed by atoms with E-state index in [2.05, 4.69) is 31.0 Å². The van der Waals surface area contributed by atoms with Gasteiger partial charge in [0.2, 0.25) is 0 Å². The average molecular weight is 364 g/mol. The smallest absolute Gasteiger partial charge is 0.162 e. The largest absolute Gasteiger partial charge is 0.493 e. The molecule has 0 radical (unpaired) electrons. The van der Waals surface area contributed by atoms with Gasteiger partial charge < -0.3 is 14.8 Å². The Hall–Kier alpha value is -2.93. The van der Waals surface area contributed by atoms with Crippen LogP contribution < -0.4 is 14.8 Å². The summed E-state index contributed by atoms with van der Waals surface area (Å²) in [5.74, 6) is 7.79. The van der Waals surface area contributed by atoms with E-state index in [0.717, 1.165) is 22.5 Å². The van der Waals surface area contributed by atoms with Crippen LogP contribution in [-0.4, -0.2) is 32.0 Å². The predicted octanol–water partition coefficient (Wildman–Crippen LogP) is 4.77. The molecule has 0 aromatic heterocycles.